The molecule has 1 amide bonds. The molecule has 0 saturated carbocycles. The molecule has 6 heteroatoms. The van der Waals surface area contributed by atoms with E-state index in [1.54, 1.807) is 10.9 Å². The number of hydrogen-bond donors (Lipinski definition) is 1. The van der Waals surface area contributed by atoms with Gasteiger partial charge in [0, 0.05) is 18.5 Å². The number of aromatic nitrogens is 2. The largest absolute Gasteiger partial charge is 0.477 e. The predicted octanol–water partition coefficient (Wildman–Crippen LogP) is 1.42. The Labute approximate surface area is 106 Å². The number of amides is 1. The van der Waals surface area contributed by atoms with E-state index in [-0.39, 0.29) is 5.92 Å². The highest BCUT2D eigenvalue weighted by Gasteiger charge is 2.22. The first-order valence-corrected chi connectivity index (χ1v) is 6.05. The van der Waals surface area contributed by atoms with Gasteiger partial charge in [-0.1, -0.05) is 0 Å². The van der Waals surface area contributed by atoms with Crippen molar-refractivity contribution >= 4 is 6.09 Å². The molecule has 0 aromatic carbocycles. The van der Waals surface area contributed by atoms with Crippen LogP contribution >= 0.6 is 0 Å². The number of ether oxygens (including phenoxy) is 2. The summed E-state index contributed by atoms with van der Waals surface area (Å²) < 4.78 is 12.5. The molecule has 1 aliphatic rings. The molecule has 0 fully saturated rings. The summed E-state index contributed by atoms with van der Waals surface area (Å²) in [6, 6.07) is 1.83. The number of hydrogen-bond acceptors (Lipinski definition) is 4. The van der Waals surface area contributed by atoms with Crippen LogP contribution in [0.1, 0.15) is 20.8 Å². The molecule has 0 unspecified atom stereocenters. The fourth-order valence-corrected chi connectivity index (χ4v) is 1.75. The molecule has 0 saturated heterocycles. The van der Waals surface area contributed by atoms with Crippen molar-refractivity contribution in [3.63, 3.8) is 0 Å². The molecule has 1 aromatic rings. The third-order valence-electron chi connectivity index (χ3n) is 2.51. The van der Waals surface area contributed by atoms with Gasteiger partial charge in [-0.2, -0.15) is 5.10 Å². The fraction of sp³-hybridized carbons (Fsp3) is 0.667. The lowest BCUT2D eigenvalue weighted by Crippen LogP contribution is -2.39. The molecular formula is C12H19N3O3. The van der Waals surface area contributed by atoms with Crippen LogP contribution in [0.5, 0.6) is 5.88 Å². The Morgan fingerprint density at radius 2 is 2.44 bits per heavy atom. The highest BCUT2D eigenvalue weighted by molar-refractivity contribution is 5.67. The van der Waals surface area contributed by atoms with E-state index in [0.29, 0.717) is 13.2 Å². The van der Waals surface area contributed by atoms with Crippen molar-refractivity contribution in [2.24, 2.45) is 5.92 Å². The highest BCUT2D eigenvalue weighted by atomic mass is 16.6. The minimum Gasteiger partial charge on any atom is -0.477 e. The molecular weight excluding hydrogens is 234 g/mol. The second kappa shape index (κ2) is 4.88. The third kappa shape index (κ3) is 3.38. The standard InChI is InChI=1S/C12H19N3O3/c1-12(2,3)18-11(16)13-6-9-7-15-10(17-8-9)4-5-14-15/h4-5,9H,6-8H2,1-3H3,(H,13,16)/t9-/m1/s1. The van der Waals surface area contributed by atoms with Crippen molar-refractivity contribution in [1.82, 2.24) is 15.1 Å². The Morgan fingerprint density at radius 1 is 1.67 bits per heavy atom. The molecule has 0 aliphatic carbocycles. The van der Waals surface area contributed by atoms with Gasteiger partial charge in [-0.25, -0.2) is 9.48 Å². The molecule has 0 spiro atoms. The van der Waals surface area contributed by atoms with Gasteiger partial charge in [0.2, 0.25) is 5.88 Å². The summed E-state index contributed by atoms with van der Waals surface area (Å²) in [5.74, 6) is 0.994. The molecule has 0 bridgehead atoms. The van der Waals surface area contributed by atoms with Crippen LogP contribution in [0, 0.1) is 5.92 Å². The topological polar surface area (TPSA) is 65.4 Å². The van der Waals surface area contributed by atoms with Crippen LogP contribution in [0.25, 0.3) is 0 Å². The van der Waals surface area contributed by atoms with E-state index in [1.165, 1.54) is 0 Å². The summed E-state index contributed by atoms with van der Waals surface area (Å²) in [5, 5.41) is 6.89. The summed E-state index contributed by atoms with van der Waals surface area (Å²) >= 11 is 0. The fourth-order valence-electron chi connectivity index (χ4n) is 1.75. The van der Waals surface area contributed by atoms with Crippen molar-refractivity contribution in [2.75, 3.05) is 13.2 Å². The van der Waals surface area contributed by atoms with Crippen LogP contribution in [0.4, 0.5) is 4.79 Å². The summed E-state index contributed by atoms with van der Waals surface area (Å²) in [4.78, 5) is 11.5. The van der Waals surface area contributed by atoms with E-state index in [9.17, 15) is 4.79 Å². The maximum absolute atomic E-state index is 11.5. The van der Waals surface area contributed by atoms with E-state index in [2.05, 4.69) is 10.4 Å². The molecule has 1 N–H and O–H groups in total. The quantitative estimate of drug-likeness (QED) is 0.865. The van der Waals surface area contributed by atoms with Crippen molar-refractivity contribution in [2.45, 2.75) is 32.9 Å². The lowest BCUT2D eigenvalue weighted by molar-refractivity contribution is 0.0503. The van der Waals surface area contributed by atoms with Gasteiger partial charge >= 0.3 is 6.09 Å². The van der Waals surface area contributed by atoms with Crippen LogP contribution in [0.2, 0.25) is 0 Å². The van der Waals surface area contributed by atoms with E-state index in [4.69, 9.17) is 9.47 Å². The number of fused-ring (bicyclic) bond motifs is 1. The summed E-state index contributed by atoms with van der Waals surface area (Å²) in [6.45, 7) is 7.37. The van der Waals surface area contributed by atoms with Gasteiger partial charge in [0.05, 0.1) is 19.3 Å². The molecule has 2 rings (SSSR count). The van der Waals surface area contributed by atoms with Crippen LogP contribution in [-0.2, 0) is 11.3 Å². The second-order valence-electron chi connectivity index (χ2n) is 5.41. The molecule has 2 heterocycles. The van der Waals surface area contributed by atoms with Gasteiger partial charge in [0.1, 0.15) is 5.60 Å². The zero-order valence-electron chi connectivity index (χ0n) is 11.0. The number of carbonyl (C=O) groups is 1. The normalized spacial score (nSPS) is 18.7. The average Bonchev–Trinajstić information content (AvgIpc) is 2.71. The Bertz CT molecular complexity index is 422. The van der Waals surface area contributed by atoms with E-state index >= 15 is 0 Å². The molecule has 6 nitrogen and oxygen atoms in total. The highest BCUT2D eigenvalue weighted by Crippen LogP contribution is 2.18. The molecule has 100 valence electrons. The molecule has 1 aromatic heterocycles. The first-order valence-electron chi connectivity index (χ1n) is 6.05. The lowest BCUT2D eigenvalue weighted by Gasteiger charge is -2.25. The monoisotopic (exact) mass is 253 g/mol. The second-order valence-corrected chi connectivity index (χ2v) is 5.41. The summed E-state index contributed by atoms with van der Waals surface area (Å²) in [5.41, 5.74) is -0.470. The number of nitrogens with one attached hydrogen (secondary N) is 1. The minimum absolute atomic E-state index is 0.213. The smallest absolute Gasteiger partial charge is 0.407 e. The summed E-state index contributed by atoms with van der Waals surface area (Å²) in [7, 11) is 0. The van der Waals surface area contributed by atoms with Crippen molar-refractivity contribution < 1.29 is 14.3 Å². The van der Waals surface area contributed by atoms with Crippen LogP contribution in [-0.4, -0.2) is 34.6 Å². The Morgan fingerprint density at radius 3 is 3.17 bits per heavy atom. The maximum atomic E-state index is 11.5. The van der Waals surface area contributed by atoms with Crippen LogP contribution in [0.15, 0.2) is 12.3 Å². The predicted molar refractivity (Wildman–Crippen MR) is 65.4 cm³/mol. The Kier molecular flexibility index (Phi) is 3.45. The van der Waals surface area contributed by atoms with Gasteiger partial charge in [-0.05, 0) is 20.8 Å². The third-order valence-corrected chi connectivity index (χ3v) is 2.51. The van der Waals surface area contributed by atoms with Crippen LogP contribution in [0.3, 0.4) is 0 Å². The number of carbonyl (C=O) groups excluding carboxylic acids is 1. The van der Waals surface area contributed by atoms with Gasteiger partial charge < -0.3 is 14.8 Å². The van der Waals surface area contributed by atoms with Crippen molar-refractivity contribution in [3.8, 4) is 5.88 Å². The van der Waals surface area contributed by atoms with Gasteiger partial charge in [-0.3, -0.25) is 0 Å². The van der Waals surface area contributed by atoms with Crippen molar-refractivity contribution in [3.05, 3.63) is 12.3 Å². The van der Waals surface area contributed by atoms with Gasteiger partial charge in [0.25, 0.3) is 0 Å². The van der Waals surface area contributed by atoms with Crippen molar-refractivity contribution in [1.29, 1.82) is 0 Å². The first kappa shape index (κ1) is 12.7. The Balaban J connectivity index is 1.77. The zero-order chi connectivity index (χ0) is 13.2. The van der Waals surface area contributed by atoms with Gasteiger partial charge in [-0.15, -0.1) is 0 Å². The molecule has 18 heavy (non-hydrogen) atoms. The molecule has 1 aliphatic heterocycles. The van der Waals surface area contributed by atoms with E-state index in [0.717, 1.165) is 12.4 Å². The maximum Gasteiger partial charge on any atom is 0.407 e. The minimum atomic E-state index is -0.470. The molecule has 0 radical (unpaired) electrons. The zero-order valence-corrected chi connectivity index (χ0v) is 11.0. The van der Waals surface area contributed by atoms with E-state index in [1.807, 2.05) is 26.8 Å². The SMILES string of the molecule is CC(C)(C)OC(=O)NC[C@H]1COc2ccnn2C1. The molecule has 1 atom stereocenters. The van der Waals surface area contributed by atoms with Gasteiger partial charge in [0.15, 0.2) is 0 Å². The summed E-state index contributed by atoms with van der Waals surface area (Å²) in [6.07, 6.45) is 1.31. The first-order chi connectivity index (χ1) is 8.44. The Hall–Kier alpha value is -1.72. The number of alkyl carbamates (subject to hydrolysis) is 1. The number of nitrogens with zero attached hydrogens (tertiary/aromatic N) is 2. The van der Waals surface area contributed by atoms with E-state index < -0.39 is 11.7 Å². The lowest BCUT2D eigenvalue weighted by atomic mass is 10.1. The van der Waals surface area contributed by atoms with Crippen LogP contribution < -0.4 is 10.1 Å². The average molecular weight is 253 g/mol. The number of rotatable bonds is 2.